The Morgan fingerprint density at radius 3 is 3.00 bits per heavy atom. The maximum atomic E-state index is 11.6. The van der Waals surface area contributed by atoms with Crippen molar-refractivity contribution >= 4 is 23.2 Å². The van der Waals surface area contributed by atoms with E-state index in [-0.39, 0.29) is 5.91 Å². The third kappa shape index (κ3) is 2.43. The van der Waals surface area contributed by atoms with Crippen molar-refractivity contribution in [2.75, 3.05) is 5.32 Å². The van der Waals surface area contributed by atoms with Crippen molar-refractivity contribution in [2.45, 2.75) is 13.3 Å². The molecule has 1 amide bonds. The third-order valence-electron chi connectivity index (χ3n) is 2.05. The number of amides is 1. The molecule has 0 bridgehead atoms. The first-order valence-corrected chi connectivity index (χ1v) is 5.58. The highest BCUT2D eigenvalue weighted by Crippen LogP contribution is 2.07. The van der Waals surface area contributed by atoms with Crippen molar-refractivity contribution in [1.82, 2.24) is 19.7 Å². The second kappa shape index (κ2) is 4.40. The summed E-state index contributed by atoms with van der Waals surface area (Å²) in [6.07, 6.45) is 1.99. The topological polar surface area (TPSA) is 72.7 Å². The SMILES string of the molecule is Cc1nc(NC(=O)Cc2cncs2)nn1C. The van der Waals surface area contributed by atoms with E-state index in [1.165, 1.54) is 11.3 Å². The molecule has 2 rings (SSSR count). The van der Waals surface area contributed by atoms with E-state index in [1.807, 2.05) is 6.92 Å². The Labute approximate surface area is 96.3 Å². The van der Waals surface area contributed by atoms with Crippen LogP contribution in [0.15, 0.2) is 11.7 Å². The van der Waals surface area contributed by atoms with E-state index >= 15 is 0 Å². The lowest BCUT2D eigenvalue weighted by atomic mass is 10.3. The van der Waals surface area contributed by atoms with Gasteiger partial charge in [-0.3, -0.25) is 19.8 Å². The van der Waals surface area contributed by atoms with Crippen LogP contribution >= 0.6 is 11.3 Å². The van der Waals surface area contributed by atoms with E-state index < -0.39 is 0 Å². The molecule has 0 aromatic carbocycles. The Morgan fingerprint density at radius 1 is 1.62 bits per heavy atom. The van der Waals surface area contributed by atoms with E-state index in [0.717, 1.165) is 10.7 Å². The molecule has 0 aliphatic heterocycles. The smallest absolute Gasteiger partial charge is 0.248 e. The number of carbonyl (C=O) groups is 1. The Bertz CT molecular complexity index is 470. The summed E-state index contributed by atoms with van der Waals surface area (Å²) in [6.45, 7) is 1.83. The molecule has 2 aromatic rings. The zero-order valence-corrected chi connectivity index (χ0v) is 9.78. The Kier molecular flexibility index (Phi) is 2.95. The molecule has 0 saturated carbocycles. The number of anilines is 1. The van der Waals surface area contributed by atoms with Crippen LogP contribution in [-0.4, -0.2) is 25.7 Å². The highest BCUT2D eigenvalue weighted by Gasteiger charge is 2.09. The van der Waals surface area contributed by atoms with Crippen LogP contribution in [0, 0.1) is 6.92 Å². The molecule has 1 N–H and O–H groups in total. The van der Waals surface area contributed by atoms with Crippen LogP contribution in [0.3, 0.4) is 0 Å². The predicted molar refractivity (Wildman–Crippen MR) is 60.2 cm³/mol. The molecular formula is C9H11N5OS. The fourth-order valence-electron chi connectivity index (χ4n) is 1.17. The second-order valence-corrected chi connectivity index (χ2v) is 4.27. The highest BCUT2D eigenvalue weighted by molar-refractivity contribution is 7.09. The van der Waals surface area contributed by atoms with Crippen LogP contribution in [-0.2, 0) is 18.3 Å². The zero-order valence-electron chi connectivity index (χ0n) is 8.97. The quantitative estimate of drug-likeness (QED) is 0.855. The number of hydrogen-bond donors (Lipinski definition) is 1. The molecule has 0 fully saturated rings. The van der Waals surface area contributed by atoms with Crippen molar-refractivity contribution in [3.05, 3.63) is 22.4 Å². The fourth-order valence-corrected chi connectivity index (χ4v) is 1.77. The Morgan fingerprint density at radius 2 is 2.44 bits per heavy atom. The van der Waals surface area contributed by atoms with Crippen LogP contribution in [0.1, 0.15) is 10.7 Å². The van der Waals surface area contributed by atoms with E-state index in [9.17, 15) is 4.79 Å². The van der Waals surface area contributed by atoms with E-state index in [0.29, 0.717) is 12.4 Å². The summed E-state index contributed by atoms with van der Waals surface area (Å²) in [4.78, 5) is 20.5. The molecule has 2 heterocycles. The number of nitrogens with zero attached hydrogens (tertiary/aromatic N) is 4. The van der Waals surface area contributed by atoms with Crippen molar-refractivity contribution in [2.24, 2.45) is 7.05 Å². The lowest BCUT2D eigenvalue weighted by Crippen LogP contribution is -2.14. The molecule has 84 valence electrons. The van der Waals surface area contributed by atoms with Gasteiger partial charge >= 0.3 is 0 Å². The summed E-state index contributed by atoms with van der Waals surface area (Å²) in [5, 5.41) is 6.68. The van der Waals surface area contributed by atoms with Crippen molar-refractivity contribution in [3.8, 4) is 0 Å². The number of thiazole rings is 1. The number of aryl methyl sites for hydroxylation is 2. The summed E-state index contributed by atoms with van der Waals surface area (Å²) in [7, 11) is 1.78. The standard InChI is InChI=1S/C9H11N5OS/c1-6-11-9(13-14(6)2)12-8(15)3-7-4-10-5-16-7/h4-5H,3H2,1-2H3,(H,12,13,15). The Hall–Kier alpha value is -1.76. The molecule has 0 aliphatic rings. The number of nitrogens with one attached hydrogen (secondary N) is 1. The minimum absolute atomic E-state index is 0.130. The van der Waals surface area contributed by atoms with Crippen LogP contribution in [0.25, 0.3) is 0 Å². The van der Waals surface area contributed by atoms with Crippen molar-refractivity contribution in [1.29, 1.82) is 0 Å². The minimum atomic E-state index is -0.130. The monoisotopic (exact) mass is 237 g/mol. The molecule has 0 saturated heterocycles. The first-order chi connectivity index (χ1) is 7.65. The normalized spacial score (nSPS) is 10.4. The predicted octanol–water partition coefficient (Wildman–Crippen LogP) is 0.761. The fraction of sp³-hybridized carbons (Fsp3) is 0.333. The molecule has 2 aromatic heterocycles. The molecule has 6 nitrogen and oxygen atoms in total. The molecule has 16 heavy (non-hydrogen) atoms. The number of carbonyl (C=O) groups excluding carboxylic acids is 1. The van der Waals surface area contributed by atoms with Gasteiger partial charge in [-0.05, 0) is 6.92 Å². The van der Waals surface area contributed by atoms with E-state index in [2.05, 4.69) is 20.4 Å². The molecule has 0 spiro atoms. The van der Waals surface area contributed by atoms with Gasteiger partial charge < -0.3 is 0 Å². The number of rotatable bonds is 3. The number of hydrogen-bond acceptors (Lipinski definition) is 5. The van der Waals surface area contributed by atoms with Gasteiger partial charge in [0.1, 0.15) is 5.82 Å². The van der Waals surface area contributed by atoms with E-state index in [1.54, 1.807) is 23.4 Å². The van der Waals surface area contributed by atoms with Crippen LogP contribution in [0.5, 0.6) is 0 Å². The zero-order chi connectivity index (χ0) is 11.5. The summed E-state index contributed by atoms with van der Waals surface area (Å²) in [5.74, 6) is 0.970. The van der Waals surface area contributed by atoms with Crippen LogP contribution < -0.4 is 5.32 Å². The van der Waals surface area contributed by atoms with Gasteiger partial charge in [0.25, 0.3) is 0 Å². The van der Waals surface area contributed by atoms with Crippen molar-refractivity contribution in [3.63, 3.8) is 0 Å². The molecule has 0 unspecified atom stereocenters. The first kappa shape index (κ1) is 10.7. The summed E-state index contributed by atoms with van der Waals surface area (Å²) in [5.41, 5.74) is 1.70. The minimum Gasteiger partial charge on any atom is -0.293 e. The van der Waals surface area contributed by atoms with Gasteiger partial charge in [0.2, 0.25) is 11.9 Å². The maximum absolute atomic E-state index is 11.6. The second-order valence-electron chi connectivity index (χ2n) is 3.30. The summed E-state index contributed by atoms with van der Waals surface area (Å²) in [6, 6.07) is 0. The third-order valence-corrected chi connectivity index (χ3v) is 2.83. The average Bonchev–Trinajstić information content (AvgIpc) is 2.78. The van der Waals surface area contributed by atoms with Crippen LogP contribution in [0.2, 0.25) is 0 Å². The van der Waals surface area contributed by atoms with Gasteiger partial charge in [-0.25, -0.2) is 0 Å². The molecule has 0 radical (unpaired) electrons. The van der Waals surface area contributed by atoms with Gasteiger partial charge in [-0.1, -0.05) is 0 Å². The highest BCUT2D eigenvalue weighted by atomic mass is 32.1. The lowest BCUT2D eigenvalue weighted by Gasteiger charge is -1.97. The maximum Gasteiger partial charge on any atom is 0.248 e. The first-order valence-electron chi connectivity index (χ1n) is 4.70. The van der Waals surface area contributed by atoms with Gasteiger partial charge in [-0.15, -0.1) is 16.4 Å². The largest absolute Gasteiger partial charge is 0.293 e. The molecular weight excluding hydrogens is 226 g/mol. The molecule has 0 atom stereocenters. The molecule has 0 aliphatic carbocycles. The van der Waals surface area contributed by atoms with Gasteiger partial charge in [0, 0.05) is 18.1 Å². The number of aromatic nitrogens is 4. The average molecular weight is 237 g/mol. The molecule has 7 heteroatoms. The van der Waals surface area contributed by atoms with Gasteiger partial charge in [0.05, 0.1) is 11.9 Å². The van der Waals surface area contributed by atoms with Crippen LogP contribution in [0.4, 0.5) is 5.95 Å². The Balaban J connectivity index is 1.97. The van der Waals surface area contributed by atoms with E-state index in [4.69, 9.17) is 0 Å². The van der Waals surface area contributed by atoms with Gasteiger partial charge in [0.15, 0.2) is 0 Å². The summed E-state index contributed by atoms with van der Waals surface area (Å²) < 4.78 is 1.61. The summed E-state index contributed by atoms with van der Waals surface area (Å²) >= 11 is 1.45. The lowest BCUT2D eigenvalue weighted by molar-refractivity contribution is -0.115. The van der Waals surface area contributed by atoms with Crippen molar-refractivity contribution < 1.29 is 4.79 Å². The van der Waals surface area contributed by atoms with Gasteiger partial charge in [-0.2, -0.15) is 4.98 Å².